The second kappa shape index (κ2) is 16.8. The van der Waals surface area contributed by atoms with Gasteiger partial charge in [-0.15, -0.1) is 0 Å². The van der Waals surface area contributed by atoms with Gasteiger partial charge in [-0.1, -0.05) is 60.7 Å². The summed E-state index contributed by atoms with van der Waals surface area (Å²) in [6.07, 6.45) is 7.51. The molecule has 1 aliphatic heterocycles. The van der Waals surface area contributed by atoms with Crippen molar-refractivity contribution in [3.8, 4) is 0 Å². The third-order valence-electron chi connectivity index (χ3n) is 9.82. The van der Waals surface area contributed by atoms with Gasteiger partial charge in [0, 0.05) is 45.1 Å². The third kappa shape index (κ3) is 9.97. The van der Waals surface area contributed by atoms with Gasteiger partial charge >= 0.3 is 0 Å². The number of carbonyl (C=O) groups is 3. The summed E-state index contributed by atoms with van der Waals surface area (Å²) in [6, 6.07) is 18.7. The molecule has 0 aromatic heterocycles. The fourth-order valence-electron chi connectivity index (χ4n) is 6.27. The van der Waals surface area contributed by atoms with Gasteiger partial charge in [0.25, 0.3) is 0 Å². The normalized spacial score (nSPS) is 16.6. The first kappa shape index (κ1) is 36.8. The van der Waals surface area contributed by atoms with Gasteiger partial charge in [0.05, 0.1) is 0 Å². The lowest BCUT2D eigenvalue weighted by molar-refractivity contribution is -0.146. The molecule has 258 valence electrons. The van der Waals surface area contributed by atoms with Crippen LogP contribution in [0.2, 0.25) is 0 Å². The van der Waals surface area contributed by atoms with Crippen LogP contribution in [0.15, 0.2) is 78.9 Å². The summed E-state index contributed by atoms with van der Waals surface area (Å²) in [5.41, 5.74) is 1.45. The lowest BCUT2D eigenvalue weighted by Gasteiger charge is -2.34. The number of fused-ring (bicyclic) bond motifs is 1. The van der Waals surface area contributed by atoms with E-state index < -0.39 is 12.1 Å². The first-order valence-electron chi connectivity index (χ1n) is 17.0. The number of nitrogens with one attached hydrogen (secondary N) is 2. The molecule has 4 rings (SSSR count). The highest BCUT2D eigenvalue weighted by Crippen LogP contribution is 2.21. The molecule has 0 saturated carbocycles. The molecule has 0 spiro atoms. The van der Waals surface area contributed by atoms with Crippen molar-refractivity contribution in [1.29, 1.82) is 0 Å². The third-order valence-corrected chi connectivity index (χ3v) is 9.82. The number of likely N-dealkylation sites (N-methyl/N-ethyl adjacent to an activating group) is 2. The number of amides is 3. The molecule has 1 aliphatic rings. The Morgan fingerprint density at radius 2 is 1.62 bits per heavy atom. The SMILES string of the molecule is CNC(C)(C)C/C=C/C(=O)N(C)C(Cc1ccc2ccccc2c1)C(=O)N(C)C(Cc1ccc(F)cc1)C(=O)NCCC1CCCN1C. The average Bonchev–Trinajstić information content (AvgIpc) is 3.49. The van der Waals surface area contributed by atoms with Crippen LogP contribution in [0, 0.1) is 5.82 Å². The van der Waals surface area contributed by atoms with Crippen molar-refractivity contribution in [1.82, 2.24) is 25.3 Å². The summed E-state index contributed by atoms with van der Waals surface area (Å²) in [5.74, 6) is -1.29. The average molecular weight is 658 g/mol. The number of likely N-dealkylation sites (tertiary alicyclic amines) is 1. The topological polar surface area (TPSA) is 85.0 Å². The van der Waals surface area contributed by atoms with E-state index >= 15 is 0 Å². The van der Waals surface area contributed by atoms with Crippen LogP contribution in [0.1, 0.15) is 50.7 Å². The summed E-state index contributed by atoms with van der Waals surface area (Å²) in [5, 5.41) is 8.43. The molecular weight excluding hydrogens is 605 g/mol. The molecule has 3 unspecified atom stereocenters. The highest BCUT2D eigenvalue weighted by atomic mass is 19.1. The molecule has 3 atom stereocenters. The Morgan fingerprint density at radius 3 is 2.29 bits per heavy atom. The van der Waals surface area contributed by atoms with Crippen LogP contribution < -0.4 is 10.6 Å². The smallest absolute Gasteiger partial charge is 0.246 e. The first-order chi connectivity index (χ1) is 22.9. The Kier molecular flexibility index (Phi) is 12.9. The number of hydrogen-bond donors (Lipinski definition) is 2. The van der Waals surface area contributed by atoms with Gasteiger partial charge in [-0.25, -0.2) is 4.39 Å². The molecule has 3 amide bonds. The predicted molar refractivity (Wildman–Crippen MR) is 191 cm³/mol. The maximum Gasteiger partial charge on any atom is 0.246 e. The van der Waals surface area contributed by atoms with Crippen LogP contribution in [-0.4, -0.2) is 97.4 Å². The van der Waals surface area contributed by atoms with E-state index in [0.29, 0.717) is 19.0 Å². The fourth-order valence-corrected chi connectivity index (χ4v) is 6.27. The second-order valence-corrected chi connectivity index (χ2v) is 13.7. The van der Waals surface area contributed by atoms with Crippen LogP contribution in [0.5, 0.6) is 0 Å². The lowest BCUT2D eigenvalue weighted by Crippen LogP contribution is -2.56. The minimum atomic E-state index is -0.874. The van der Waals surface area contributed by atoms with Crippen LogP contribution in [-0.2, 0) is 27.2 Å². The molecule has 48 heavy (non-hydrogen) atoms. The van der Waals surface area contributed by atoms with E-state index in [4.69, 9.17) is 0 Å². The Morgan fingerprint density at radius 1 is 0.958 bits per heavy atom. The maximum absolute atomic E-state index is 14.5. The van der Waals surface area contributed by atoms with Crippen molar-refractivity contribution in [3.05, 3.63) is 95.8 Å². The number of rotatable bonds is 15. The Labute approximate surface area is 285 Å². The number of halogens is 1. The molecular formula is C39H52FN5O3. The molecule has 0 bridgehead atoms. The van der Waals surface area contributed by atoms with Crippen molar-refractivity contribution < 1.29 is 18.8 Å². The second-order valence-electron chi connectivity index (χ2n) is 13.7. The molecule has 2 N–H and O–H groups in total. The molecule has 9 heteroatoms. The van der Waals surface area contributed by atoms with Gasteiger partial charge in [-0.2, -0.15) is 0 Å². The van der Waals surface area contributed by atoms with E-state index in [1.54, 1.807) is 26.2 Å². The number of nitrogens with zero attached hydrogens (tertiary/aromatic N) is 3. The molecule has 0 radical (unpaired) electrons. The van der Waals surface area contributed by atoms with Crippen LogP contribution in [0.25, 0.3) is 10.8 Å². The van der Waals surface area contributed by atoms with Gasteiger partial charge in [0.2, 0.25) is 17.7 Å². The van der Waals surface area contributed by atoms with Crippen molar-refractivity contribution in [2.45, 2.75) is 76.0 Å². The quantitative estimate of drug-likeness (QED) is 0.226. The molecule has 3 aromatic rings. The van der Waals surface area contributed by atoms with Crippen LogP contribution in [0.4, 0.5) is 4.39 Å². The molecule has 8 nitrogen and oxygen atoms in total. The van der Waals surface area contributed by atoms with Gasteiger partial charge in [0.15, 0.2) is 0 Å². The minimum Gasteiger partial charge on any atom is -0.354 e. The number of hydrogen-bond acceptors (Lipinski definition) is 5. The number of carbonyl (C=O) groups excluding carboxylic acids is 3. The van der Waals surface area contributed by atoms with Gasteiger partial charge in [-0.05, 0) is 100 Å². The molecule has 1 saturated heterocycles. The van der Waals surface area contributed by atoms with E-state index in [1.165, 1.54) is 28.0 Å². The predicted octanol–water partition coefficient (Wildman–Crippen LogP) is 4.96. The Balaban J connectivity index is 1.60. The van der Waals surface area contributed by atoms with Gasteiger partial charge in [0.1, 0.15) is 17.9 Å². The summed E-state index contributed by atoms with van der Waals surface area (Å²) < 4.78 is 13.8. The van der Waals surface area contributed by atoms with E-state index in [0.717, 1.165) is 47.7 Å². The highest BCUT2D eigenvalue weighted by Gasteiger charge is 2.35. The monoisotopic (exact) mass is 657 g/mol. The van der Waals surface area contributed by atoms with Gasteiger partial charge in [-0.3, -0.25) is 14.4 Å². The van der Waals surface area contributed by atoms with Crippen molar-refractivity contribution in [2.24, 2.45) is 0 Å². The fraction of sp³-hybridized carbons (Fsp3) is 0.462. The maximum atomic E-state index is 14.5. The standard InChI is InChI=1S/C39H52FN5O3/c1-39(2,41-3)22-9-14-36(46)44(5)35(27-29-15-18-30-11-7-8-12-31(30)25-29)38(48)45(6)34(26-28-16-19-32(40)20-17-28)37(47)42-23-21-33-13-10-24-43(33)4/h7-9,11-12,14-20,25,33-35,41H,10,13,21-24,26-27H2,1-6H3,(H,42,47)/b14-9+. The van der Waals surface area contributed by atoms with E-state index in [9.17, 15) is 18.8 Å². The molecule has 3 aromatic carbocycles. The summed E-state index contributed by atoms with van der Waals surface area (Å²) in [4.78, 5) is 47.1. The summed E-state index contributed by atoms with van der Waals surface area (Å²) >= 11 is 0. The van der Waals surface area contributed by atoms with E-state index in [-0.39, 0.29) is 41.9 Å². The van der Waals surface area contributed by atoms with Crippen molar-refractivity contribution in [2.75, 3.05) is 41.3 Å². The first-order valence-corrected chi connectivity index (χ1v) is 17.0. The summed E-state index contributed by atoms with van der Waals surface area (Å²) in [6.45, 7) is 5.63. The largest absolute Gasteiger partial charge is 0.354 e. The van der Waals surface area contributed by atoms with Gasteiger partial charge < -0.3 is 25.3 Å². The van der Waals surface area contributed by atoms with Crippen molar-refractivity contribution >= 4 is 28.5 Å². The van der Waals surface area contributed by atoms with Crippen molar-refractivity contribution in [3.63, 3.8) is 0 Å². The molecule has 1 fully saturated rings. The highest BCUT2D eigenvalue weighted by molar-refractivity contribution is 5.95. The van der Waals surface area contributed by atoms with E-state index in [2.05, 4.69) is 22.6 Å². The zero-order valence-electron chi connectivity index (χ0n) is 29.3. The molecule has 1 heterocycles. The Hall–Kier alpha value is -4.08. The zero-order valence-corrected chi connectivity index (χ0v) is 29.3. The lowest BCUT2D eigenvalue weighted by atomic mass is 9.98. The minimum absolute atomic E-state index is 0.190. The zero-order chi connectivity index (χ0) is 34.8. The van der Waals surface area contributed by atoms with Crippen LogP contribution in [0.3, 0.4) is 0 Å². The Bertz CT molecular complexity index is 1570. The van der Waals surface area contributed by atoms with Crippen LogP contribution >= 0.6 is 0 Å². The van der Waals surface area contributed by atoms with E-state index in [1.807, 2.05) is 69.4 Å². The number of benzene rings is 3. The molecule has 0 aliphatic carbocycles. The summed E-state index contributed by atoms with van der Waals surface area (Å²) in [7, 11) is 7.24.